The molecule has 0 unspecified atom stereocenters. The van der Waals surface area contributed by atoms with Crippen molar-refractivity contribution in [3.8, 4) is 5.88 Å². The lowest BCUT2D eigenvalue weighted by molar-refractivity contribution is 0.457. The van der Waals surface area contributed by atoms with Crippen LogP contribution in [-0.2, 0) is 0 Å². The maximum absolute atomic E-state index is 10.1. The molecule has 0 saturated carbocycles. The Hall–Kier alpha value is -2.44. The summed E-state index contributed by atoms with van der Waals surface area (Å²) in [5, 5.41) is 14.0. The Labute approximate surface area is 151 Å². The molecule has 1 aromatic heterocycles. The Morgan fingerprint density at radius 1 is 1.12 bits per heavy atom. The summed E-state index contributed by atoms with van der Waals surface area (Å²) in [5.41, 5.74) is 3.85. The number of aromatic hydroxyl groups is 1. The van der Waals surface area contributed by atoms with Gasteiger partial charge in [-0.1, -0.05) is 45.5 Å². The van der Waals surface area contributed by atoms with Gasteiger partial charge in [0.05, 0.1) is 10.6 Å². The molecule has 2 N–H and O–H groups in total. The maximum Gasteiger partial charge on any atom is 0.231 e. The third kappa shape index (κ3) is 2.98. The van der Waals surface area contributed by atoms with Crippen LogP contribution >= 0.6 is 27.3 Å². The van der Waals surface area contributed by atoms with E-state index < -0.39 is 0 Å². The summed E-state index contributed by atoms with van der Waals surface area (Å²) in [6, 6.07) is 15.7. The van der Waals surface area contributed by atoms with Crippen molar-refractivity contribution in [2.75, 3.05) is 5.32 Å². The van der Waals surface area contributed by atoms with Crippen molar-refractivity contribution in [2.45, 2.75) is 0 Å². The van der Waals surface area contributed by atoms with Crippen LogP contribution in [0.1, 0.15) is 10.4 Å². The second kappa shape index (κ2) is 6.22. The molecule has 24 heavy (non-hydrogen) atoms. The maximum atomic E-state index is 10.1. The molecule has 3 aromatic rings. The highest BCUT2D eigenvalue weighted by Crippen LogP contribution is 2.38. The number of nitrogens with zero attached hydrogens (tertiary/aromatic N) is 2. The summed E-state index contributed by atoms with van der Waals surface area (Å²) in [6.07, 6.45) is 3.71. The minimum atomic E-state index is 0.0165. The first-order valence-electron chi connectivity index (χ1n) is 7.26. The van der Waals surface area contributed by atoms with Crippen LogP contribution in [0.2, 0.25) is 0 Å². The van der Waals surface area contributed by atoms with Crippen LogP contribution in [0.15, 0.2) is 58.0 Å². The van der Waals surface area contributed by atoms with Gasteiger partial charge >= 0.3 is 0 Å². The number of para-hydroxylation sites is 1. The van der Waals surface area contributed by atoms with E-state index in [9.17, 15) is 5.11 Å². The van der Waals surface area contributed by atoms with Gasteiger partial charge in [0.2, 0.25) is 5.88 Å². The average Bonchev–Trinajstić information content (AvgIpc) is 3.12. The van der Waals surface area contributed by atoms with Crippen LogP contribution in [0.25, 0.3) is 11.6 Å². The van der Waals surface area contributed by atoms with Crippen molar-refractivity contribution in [3.05, 3.63) is 63.4 Å². The van der Waals surface area contributed by atoms with E-state index in [0.29, 0.717) is 10.0 Å². The number of nitrogens with one attached hydrogen (secondary N) is 1. The second-order valence-corrected chi connectivity index (χ2v) is 7.16. The number of allylic oxidation sites excluding steroid dienone is 1. The SMILES string of the molecule is Oc1nc(Nc2ccccc2)sc1C=C1C=Nc2ccc(Br)cc21. The molecule has 2 aromatic carbocycles. The number of aromatic nitrogens is 1. The fourth-order valence-corrected chi connectivity index (χ4v) is 3.63. The molecular weight excluding hydrogens is 386 g/mol. The van der Waals surface area contributed by atoms with Gasteiger partial charge in [0.25, 0.3) is 0 Å². The number of halogens is 1. The predicted octanol–water partition coefficient (Wildman–Crippen LogP) is 5.61. The molecule has 0 aliphatic carbocycles. The number of hydrogen-bond acceptors (Lipinski definition) is 5. The smallest absolute Gasteiger partial charge is 0.231 e. The van der Waals surface area contributed by atoms with Gasteiger partial charge in [-0.3, -0.25) is 4.99 Å². The average molecular weight is 398 g/mol. The molecule has 0 spiro atoms. The van der Waals surface area contributed by atoms with Crippen LogP contribution in [0.5, 0.6) is 5.88 Å². The first-order chi connectivity index (χ1) is 11.7. The number of aliphatic imine (C=N–C) groups is 1. The van der Waals surface area contributed by atoms with Crippen LogP contribution in [-0.4, -0.2) is 16.3 Å². The Bertz CT molecular complexity index is 964. The normalized spacial score (nSPS) is 14.1. The van der Waals surface area contributed by atoms with Crippen LogP contribution in [0.3, 0.4) is 0 Å². The van der Waals surface area contributed by atoms with Crippen LogP contribution < -0.4 is 5.32 Å². The van der Waals surface area contributed by atoms with Crippen molar-refractivity contribution in [1.29, 1.82) is 0 Å². The molecule has 1 aliphatic heterocycles. The Kier molecular flexibility index (Phi) is 3.92. The van der Waals surface area contributed by atoms with Crippen molar-refractivity contribution in [3.63, 3.8) is 0 Å². The van der Waals surface area contributed by atoms with Crippen molar-refractivity contribution >= 4 is 61.6 Å². The lowest BCUT2D eigenvalue weighted by atomic mass is 10.1. The molecule has 0 bridgehead atoms. The standard InChI is InChI=1S/C18H12BrN3OS/c19-12-6-7-15-14(9-12)11(10-20-15)8-16-17(23)22-18(24-16)21-13-4-2-1-3-5-13/h1-10,23H,(H,21,22). The molecule has 118 valence electrons. The zero-order chi connectivity index (χ0) is 16.5. The zero-order valence-corrected chi connectivity index (χ0v) is 14.8. The predicted molar refractivity (Wildman–Crippen MR) is 104 cm³/mol. The van der Waals surface area contributed by atoms with Crippen molar-refractivity contribution < 1.29 is 5.11 Å². The number of fused-ring (bicyclic) bond motifs is 1. The highest BCUT2D eigenvalue weighted by atomic mass is 79.9. The lowest BCUT2D eigenvalue weighted by Gasteiger charge is -2.00. The number of benzene rings is 2. The Morgan fingerprint density at radius 2 is 1.96 bits per heavy atom. The molecule has 0 radical (unpaired) electrons. The fourth-order valence-electron chi connectivity index (χ4n) is 2.43. The van der Waals surface area contributed by atoms with E-state index in [-0.39, 0.29) is 5.88 Å². The minimum Gasteiger partial charge on any atom is -0.492 e. The van der Waals surface area contributed by atoms with Crippen molar-refractivity contribution in [2.24, 2.45) is 4.99 Å². The van der Waals surface area contributed by atoms with E-state index in [4.69, 9.17) is 0 Å². The van der Waals surface area contributed by atoms with E-state index in [1.807, 2.05) is 54.6 Å². The third-order valence-corrected chi connectivity index (χ3v) is 4.96. The number of hydrogen-bond donors (Lipinski definition) is 2. The summed E-state index contributed by atoms with van der Waals surface area (Å²) in [7, 11) is 0. The molecule has 0 saturated heterocycles. The quantitative estimate of drug-likeness (QED) is 0.603. The molecular formula is C18H12BrN3OS. The van der Waals surface area contributed by atoms with Gasteiger partial charge in [0, 0.05) is 27.5 Å². The number of rotatable bonds is 3. The molecule has 0 amide bonds. The molecule has 6 heteroatoms. The third-order valence-electron chi connectivity index (χ3n) is 3.56. The van der Waals surface area contributed by atoms with Gasteiger partial charge in [-0.25, -0.2) is 0 Å². The zero-order valence-electron chi connectivity index (χ0n) is 12.4. The summed E-state index contributed by atoms with van der Waals surface area (Å²) >= 11 is 4.88. The minimum absolute atomic E-state index is 0.0165. The van der Waals surface area contributed by atoms with E-state index in [0.717, 1.165) is 27.0 Å². The molecule has 1 aliphatic rings. The highest BCUT2D eigenvalue weighted by Gasteiger charge is 2.15. The lowest BCUT2D eigenvalue weighted by Crippen LogP contribution is -1.87. The van der Waals surface area contributed by atoms with E-state index in [2.05, 4.69) is 31.2 Å². The Balaban J connectivity index is 1.65. The topological polar surface area (TPSA) is 57.5 Å². The molecule has 4 nitrogen and oxygen atoms in total. The summed E-state index contributed by atoms with van der Waals surface area (Å²) in [5.74, 6) is 0.0165. The number of anilines is 2. The monoisotopic (exact) mass is 397 g/mol. The van der Waals surface area contributed by atoms with Crippen molar-refractivity contribution in [1.82, 2.24) is 4.98 Å². The van der Waals surface area contributed by atoms with Crippen LogP contribution in [0, 0.1) is 0 Å². The second-order valence-electron chi connectivity index (χ2n) is 5.22. The molecule has 0 fully saturated rings. The van der Waals surface area contributed by atoms with E-state index >= 15 is 0 Å². The van der Waals surface area contributed by atoms with Gasteiger partial charge in [0.1, 0.15) is 0 Å². The van der Waals surface area contributed by atoms with Gasteiger partial charge in [-0.2, -0.15) is 4.98 Å². The largest absolute Gasteiger partial charge is 0.492 e. The molecule has 4 rings (SSSR count). The fraction of sp³-hybridized carbons (Fsp3) is 0. The van der Waals surface area contributed by atoms with Gasteiger partial charge < -0.3 is 10.4 Å². The first-order valence-corrected chi connectivity index (χ1v) is 8.87. The molecule has 0 atom stereocenters. The summed E-state index contributed by atoms with van der Waals surface area (Å²) in [4.78, 5) is 9.28. The first kappa shape index (κ1) is 15.1. The summed E-state index contributed by atoms with van der Waals surface area (Å²) in [6.45, 7) is 0. The van der Waals surface area contributed by atoms with Crippen LogP contribution in [0.4, 0.5) is 16.5 Å². The summed E-state index contributed by atoms with van der Waals surface area (Å²) < 4.78 is 0.998. The van der Waals surface area contributed by atoms with E-state index in [1.54, 1.807) is 6.21 Å². The van der Waals surface area contributed by atoms with Gasteiger partial charge in [0.15, 0.2) is 5.13 Å². The highest BCUT2D eigenvalue weighted by molar-refractivity contribution is 9.10. The van der Waals surface area contributed by atoms with Gasteiger partial charge in [-0.15, -0.1) is 0 Å². The number of thiazole rings is 1. The Morgan fingerprint density at radius 3 is 2.79 bits per heavy atom. The van der Waals surface area contributed by atoms with E-state index in [1.165, 1.54) is 11.3 Å². The molecule has 2 heterocycles. The van der Waals surface area contributed by atoms with Gasteiger partial charge in [-0.05, 0) is 36.4 Å².